The van der Waals surface area contributed by atoms with Gasteiger partial charge in [0.15, 0.2) is 0 Å². The minimum Gasteiger partial charge on any atom is -0.480 e. The Morgan fingerprint density at radius 1 is 1.40 bits per heavy atom. The molecule has 0 spiro atoms. The van der Waals surface area contributed by atoms with Crippen LogP contribution >= 0.6 is 0 Å². The van der Waals surface area contributed by atoms with Crippen LogP contribution in [0.15, 0.2) is 30.9 Å². The maximum Gasteiger partial charge on any atom is 0.326 e. The number of rotatable bonds is 5. The van der Waals surface area contributed by atoms with Gasteiger partial charge in [-0.3, -0.25) is 4.79 Å². The van der Waals surface area contributed by atoms with Crippen LogP contribution in [0.2, 0.25) is 0 Å². The zero-order valence-electron chi connectivity index (χ0n) is 10.2. The molecule has 3 N–H and O–H groups in total. The topological polar surface area (TPSA) is 108 Å². The predicted octanol–water partition coefficient (Wildman–Crippen LogP) is 0.369. The van der Waals surface area contributed by atoms with Gasteiger partial charge in [-0.2, -0.15) is 4.39 Å². The normalized spacial score (nSPS) is 11.8. The Balaban J connectivity index is 2.06. The molecule has 0 saturated carbocycles. The number of imidazole rings is 1. The van der Waals surface area contributed by atoms with Gasteiger partial charge in [-0.15, -0.1) is 0 Å². The highest BCUT2D eigenvalue weighted by atomic mass is 19.1. The third-order valence-electron chi connectivity index (χ3n) is 2.57. The smallest absolute Gasteiger partial charge is 0.326 e. The number of aromatic nitrogens is 3. The minimum absolute atomic E-state index is 0.0652. The second-order valence-corrected chi connectivity index (χ2v) is 4.01. The first kappa shape index (κ1) is 13.7. The van der Waals surface area contributed by atoms with Crippen molar-refractivity contribution < 1.29 is 19.1 Å². The largest absolute Gasteiger partial charge is 0.480 e. The maximum atomic E-state index is 12.6. The Bertz CT molecular complexity index is 598. The molecular formula is C12H11FN4O3. The summed E-state index contributed by atoms with van der Waals surface area (Å²) >= 11 is 0. The number of aromatic amines is 1. The van der Waals surface area contributed by atoms with Crippen LogP contribution in [-0.2, 0) is 11.2 Å². The van der Waals surface area contributed by atoms with E-state index < -0.39 is 23.9 Å². The summed E-state index contributed by atoms with van der Waals surface area (Å²) in [5, 5.41) is 11.4. The number of carbonyl (C=O) groups is 2. The number of hydrogen-bond acceptors (Lipinski definition) is 4. The fourth-order valence-corrected chi connectivity index (χ4v) is 1.57. The monoisotopic (exact) mass is 278 g/mol. The quantitative estimate of drug-likeness (QED) is 0.685. The molecule has 1 atom stereocenters. The van der Waals surface area contributed by atoms with Crippen LogP contribution in [0.25, 0.3) is 0 Å². The van der Waals surface area contributed by atoms with E-state index in [0.717, 1.165) is 12.3 Å². The van der Waals surface area contributed by atoms with Gasteiger partial charge < -0.3 is 15.4 Å². The summed E-state index contributed by atoms with van der Waals surface area (Å²) in [6.45, 7) is 0. The molecule has 0 saturated heterocycles. The average molecular weight is 278 g/mol. The number of aliphatic carboxylic acids is 1. The molecule has 2 aromatic rings. The zero-order chi connectivity index (χ0) is 14.5. The number of carbonyl (C=O) groups excluding carboxylic acids is 1. The molecule has 0 aliphatic heterocycles. The first-order valence-electron chi connectivity index (χ1n) is 5.68. The van der Waals surface area contributed by atoms with Gasteiger partial charge in [0.1, 0.15) is 6.04 Å². The second-order valence-electron chi connectivity index (χ2n) is 4.01. The Labute approximate surface area is 112 Å². The van der Waals surface area contributed by atoms with Crippen molar-refractivity contribution in [1.82, 2.24) is 20.3 Å². The van der Waals surface area contributed by atoms with Gasteiger partial charge in [0.2, 0.25) is 5.95 Å². The van der Waals surface area contributed by atoms with E-state index in [2.05, 4.69) is 20.3 Å². The lowest BCUT2D eigenvalue weighted by Gasteiger charge is -2.13. The summed E-state index contributed by atoms with van der Waals surface area (Å²) in [4.78, 5) is 32.8. The number of H-pyrrole nitrogens is 1. The van der Waals surface area contributed by atoms with Gasteiger partial charge in [-0.25, -0.2) is 14.8 Å². The van der Waals surface area contributed by atoms with Crippen molar-refractivity contribution in [3.8, 4) is 0 Å². The van der Waals surface area contributed by atoms with E-state index in [1.807, 2.05) is 0 Å². The Hall–Kier alpha value is -2.77. The lowest BCUT2D eigenvalue weighted by atomic mass is 10.1. The fourth-order valence-electron chi connectivity index (χ4n) is 1.57. The molecule has 2 rings (SSSR count). The van der Waals surface area contributed by atoms with Crippen molar-refractivity contribution in [3.05, 3.63) is 48.1 Å². The number of amides is 1. The van der Waals surface area contributed by atoms with E-state index in [9.17, 15) is 14.0 Å². The Kier molecular flexibility index (Phi) is 4.04. The van der Waals surface area contributed by atoms with Crippen LogP contribution in [0, 0.1) is 5.95 Å². The van der Waals surface area contributed by atoms with Crippen LogP contribution in [0.3, 0.4) is 0 Å². The molecule has 104 valence electrons. The molecule has 1 amide bonds. The molecular weight excluding hydrogens is 267 g/mol. The van der Waals surface area contributed by atoms with E-state index in [1.54, 1.807) is 0 Å². The number of carboxylic acids is 1. The number of hydrogen-bond donors (Lipinski definition) is 3. The van der Waals surface area contributed by atoms with Gasteiger partial charge in [0.05, 0.1) is 11.9 Å². The lowest BCUT2D eigenvalue weighted by Crippen LogP contribution is -2.42. The summed E-state index contributed by atoms with van der Waals surface area (Å²) < 4.78 is 12.6. The third kappa shape index (κ3) is 3.37. The molecule has 20 heavy (non-hydrogen) atoms. The highest BCUT2D eigenvalue weighted by Gasteiger charge is 2.21. The van der Waals surface area contributed by atoms with Crippen LogP contribution in [-0.4, -0.2) is 38.0 Å². The summed E-state index contributed by atoms with van der Waals surface area (Å²) in [5.74, 6) is -2.53. The molecule has 0 unspecified atom stereocenters. The summed E-state index contributed by atoms with van der Waals surface area (Å²) in [6, 6.07) is 1.14. The van der Waals surface area contributed by atoms with Gasteiger partial charge in [0, 0.05) is 24.5 Å². The third-order valence-corrected chi connectivity index (χ3v) is 2.57. The van der Waals surface area contributed by atoms with Crippen LogP contribution in [0.5, 0.6) is 0 Å². The molecule has 0 aliphatic carbocycles. The van der Waals surface area contributed by atoms with E-state index in [4.69, 9.17) is 5.11 Å². The maximum absolute atomic E-state index is 12.6. The number of halogens is 1. The number of carboxylic acid groups (broad SMARTS) is 1. The molecule has 8 heteroatoms. The van der Waals surface area contributed by atoms with Gasteiger partial charge in [-0.05, 0) is 12.1 Å². The van der Waals surface area contributed by atoms with E-state index >= 15 is 0 Å². The molecule has 0 fully saturated rings. The Morgan fingerprint density at radius 2 is 2.20 bits per heavy atom. The van der Waals surface area contributed by atoms with Crippen molar-refractivity contribution in [1.29, 1.82) is 0 Å². The highest BCUT2D eigenvalue weighted by Crippen LogP contribution is 2.03. The molecule has 0 radical (unpaired) electrons. The van der Waals surface area contributed by atoms with Crippen LogP contribution in [0.4, 0.5) is 4.39 Å². The molecule has 0 aliphatic rings. The number of pyridine rings is 1. The van der Waals surface area contributed by atoms with Crippen molar-refractivity contribution in [2.24, 2.45) is 0 Å². The van der Waals surface area contributed by atoms with E-state index in [1.165, 1.54) is 18.6 Å². The van der Waals surface area contributed by atoms with E-state index in [-0.39, 0.29) is 12.0 Å². The molecule has 2 aromatic heterocycles. The summed E-state index contributed by atoms with van der Waals surface area (Å²) in [6.07, 6.45) is 4.00. The highest BCUT2D eigenvalue weighted by molar-refractivity contribution is 5.96. The standard InChI is InChI=1S/C12H11FN4O3/c13-10-2-1-7(4-15-10)11(18)17-9(12(19)20)3-8-5-14-6-16-8/h1-2,4-6,9H,3H2,(H,14,16)(H,17,18)(H,19,20)/t9-/m0/s1. The van der Waals surface area contributed by atoms with Crippen LogP contribution in [0.1, 0.15) is 16.1 Å². The molecule has 0 bridgehead atoms. The zero-order valence-corrected chi connectivity index (χ0v) is 10.2. The second kappa shape index (κ2) is 5.91. The number of nitrogens with one attached hydrogen (secondary N) is 2. The minimum atomic E-state index is -1.18. The lowest BCUT2D eigenvalue weighted by molar-refractivity contribution is -0.139. The SMILES string of the molecule is O=C(N[C@@H](Cc1cnc[nH]1)C(=O)O)c1ccc(F)nc1. The molecule has 2 heterocycles. The van der Waals surface area contributed by atoms with E-state index in [0.29, 0.717) is 5.69 Å². The fraction of sp³-hybridized carbons (Fsp3) is 0.167. The molecule has 0 aromatic carbocycles. The van der Waals surface area contributed by atoms with Crippen molar-refractivity contribution in [2.75, 3.05) is 0 Å². The van der Waals surface area contributed by atoms with Crippen molar-refractivity contribution in [3.63, 3.8) is 0 Å². The number of nitrogens with zero attached hydrogens (tertiary/aromatic N) is 2. The van der Waals surface area contributed by atoms with Crippen LogP contribution < -0.4 is 5.32 Å². The predicted molar refractivity (Wildman–Crippen MR) is 65.4 cm³/mol. The van der Waals surface area contributed by atoms with Gasteiger partial charge >= 0.3 is 5.97 Å². The Morgan fingerprint density at radius 3 is 2.75 bits per heavy atom. The van der Waals surface area contributed by atoms with Crippen molar-refractivity contribution >= 4 is 11.9 Å². The average Bonchev–Trinajstić information content (AvgIpc) is 2.91. The molecule has 7 nitrogen and oxygen atoms in total. The summed E-state index contributed by atoms with van der Waals surface area (Å²) in [5.41, 5.74) is 0.664. The van der Waals surface area contributed by atoms with Crippen molar-refractivity contribution in [2.45, 2.75) is 12.5 Å². The summed E-state index contributed by atoms with van der Waals surface area (Å²) in [7, 11) is 0. The van der Waals surface area contributed by atoms with Gasteiger partial charge in [-0.1, -0.05) is 0 Å². The first-order chi connectivity index (χ1) is 9.56. The van der Waals surface area contributed by atoms with Gasteiger partial charge in [0.25, 0.3) is 5.91 Å². The first-order valence-corrected chi connectivity index (χ1v) is 5.68.